The normalized spacial score (nSPS) is 22.2. The van der Waals surface area contributed by atoms with E-state index in [4.69, 9.17) is 5.11 Å². The van der Waals surface area contributed by atoms with Crippen molar-refractivity contribution in [3.05, 3.63) is 0 Å². The molecule has 3 heteroatoms. The molecule has 1 fully saturated rings. The Labute approximate surface area is 86.1 Å². The molecule has 82 valence electrons. The number of Topliss-reactive ketones (excluding diaryl/α,β-unsaturated/α-hetero) is 1. The van der Waals surface area contributed by atoms with Crippen LogP contribution in [-0.4, -0.2) is 41.5 Å². The fourth-order valence-corrected chi connectivity index (χ4v) is 1.93. The molecule has 1 atom stereocenters. The Bertz CT molecular complexity index is 184. The minimum absolute atomic E-state index is 0.208. The molecule has 1 saturated heterocycles. The van der Waals surface area contributed by atoms with E-state index in [0.29, 0.717) is 5.78 Å². The van der Waals surface area contributed by atoms with Gasteiger partial charge in [0.1, 0.15) is 5.78 Å². The Morgan fingerprint density at radius 3 is 2.50 bits per heavy atom. The van der Waals surface area contributed by atoms with Crippen molar-refractivity contribution >= 4 is 5.78 Å². The van der Waals surface area contributed by atoms with Crippen LogP contribution in [0.2, 0.25) is 0 Å². The molecule has 14 heavy (non-hydrogen) atoms. The Kier molecular flexibility index (Phi) is 4.55. The van der Waals surface area contributed by atoms with E-state index in [1.54, 1.807) is 6.92 Å². The largest absolute Gasteiger partial charge is 0.393 e. The van der Waals surface area contributed by atoms with E-state index < -0.39 is 0 Å². The molecule has 3 nitrogen and oxygen atoms in total. The summed E-state index contributed by atoms with van der Waals surface area (Å²) >= 11 is 0. The van der Waals surface area contributed by atoms with Crippen LogP contribution in [0.5, 0.6) is 0 Å². The second kappa shape index (κ2) is 5.47. The smallest absolute Gasteiger partial charge is 0.133 e. The predicted octanol–water partition coefficient (Wildman–Crippen LogP) is 1.06. The van der Waals surface area contributed by atoms with Gasteiger partial charge in [-0.3, -0.25) is 4.79 Å². The fourth-order valence-electron chi connectivity index (χ4n) is 1.93. The Hall–Kier alpha value is -0.410. The molecule has 0 aromatic heterocycles. The minimum atomic E-state index is -0.208. The number of ketones is 1. The molecular formula is C11H21NO2. The number of likely N-dealkylation sites (tertiary alicyclic amines) is 1. The standard InChI is InChI=1S/C11H21NO2/c1-9(13)3-6-12-7-4-11(5-8-12)10(2)14/h9,11,13H,3-8H2,1-2H3. The van der Waals surface area contributed by atoms with Crippen LogP contribution >= 0.6 is 0 Å². The topological polar surface area (TPSA) is 40.5 Å². The van der Waals surface area contributed by atoms with Crippen LogP contribution in [0.1, 0.15) is 33.1 Å². The van der Waals surface area contributed by atoms with Crippen molar-refractivity contribution in [1.82, 2.24) is 4.90 Å². The second-order valence-electron chi connectivity index (χ2n) is 4.36. The van der Waals surface area contributed by atoms with Gasteiger partial charge in [-0.2, -0.15) is 0 Å². The maximum Gasteiger partial charge on any atom is 0.133 e. The van der Waals surface area contributed by atoms with Crippen molar-refractivity contribution in [3.63, 3.8) is 0 Å². The van der Waals surface area contributed by atoms with Gasteiger partial charge >= 0.3 is 0 Å². The van der Waals surface area contributed by atoms with Gasteiger partial charge in [0.2, 0.25) is 0 Å². The lowest BCUT2D eigenvalue weighted by atomic mass is 9.93. The van der Waals surface area contributed by atoms with Gasteiger partial charge in [-0.05, 0) is 46.2 Å². The number of hydrogen-bond acceptors (Lipinski definition) is 3. The van der Waals surface area contributed by atoms with Crippen LogP contribution < -0.4 is 0 Å². The molecule has 1 unspecified atom stereocenters. The summed E-state index contributed by atoms with van der Waals surface area (Å²) in [6.07, 6.45) is 2.62. The highest BCUT2D eigenvalue weighted by molar-refractivity contribution is 5.78. The zero-order valence-electron chi connectivity index (χ0n) is 9.20. The van der Waals surface area contributed by atoms with Crippen molar-refractivity contribution in [3.8, 4) is 0 Å². The van der Waals surface area contributed by atoms with Crippen molar-refractivity contribution in [2.24, 2.45) is 5.92 Å². The number of carbonyl (C=O) groups excluding carboxylic acids is 1. The molecule has 1 aliphatic rings. The zero-order valence-corrected chi connectivity index (χ0v) is 9.20. The summed E-state index contributed by atoms with van der Waals surface area (Å²) in [4.78, 5) is 13.5. The van der Waals surface area contributed by atoms with Gasteiger partial charge in [-0.25, -0.2) is 0 Å². The van der Waals surface area contributed by atoms with E-state index in [0.717, 1.165) is 38.9 Å². The molecule has 0 aromatic rings. The Balaban J connectivity index is 2.19. The molecule has 1 heterocycles. The number of aliphatic hydroxyl groups excluding tert-OH is 1. The van der Waals surface area contributed by atoms with Gasteiger partial charge in [0, 0.05) is 12.5 Å². The van der Waals surface area contributed by atoms with Crippen molar-refractivity contribution < 1.29 is 9.90 Å². The number of rotatable bonds is 4. The molecule has 1 N–H and O–H groups in total. The molecular weight excluding hydrogens is 178 g/mol. The Morgan fingerprint density at radius 1 is 1.50 bits per heavy atom. The maximum atomic E-state index is 11.1. The molecule has 0 amide bonds. The summed E-state index contributed by atoms with van der Waals surface area (Å²) in [6, 6.07) is 0. The van der Waals surface area contributed by atoms with Crippen LogP contribution in [0.25, 0.3) is 0 Å². The monoisotopic (exact) mass is 199 g/mol. The van der Waals surface area contributed by atoms with Gasteiger partial charge in [-0.15, -0.1) is 0 Å². The van der Waals surface area contributed by atoms with Gasteiger partial charge in [0.15, 0.2) is 0 Å². The van der Waals surface area contributed by atoms with Crippen LogP contribution in [0.15, 0.2) is 0 Å². The maximum absolute atomic E-state index is 11.1. The van der Waals surface area contributed by atoms with E-state index in [-0.39, 0.29) is 12.0 Å². The number of hydrogen-bond donors (Lipinski definition) is 1. The number of aliphatic hydroxyl groups is 1. The third-order valence-corrected chi connectivity index (χ3v) is 3.03. The average molecular weight is 199 g/mol. The Morgan fingerprint density at radius 2 is 2.07 bits per heavy atom. The summed E-state index contributed by atoms with van der Waals surface area (Å²) in [5, 5.41) is 9.14. The summed E-state index contributed by atoms with van der Waals surface area (Å²) in [6.45, 7) is 6.49. The van der Waals surface area contributed by atoms with E-state index in [9.17, 15) is 4.79 Å². The molecule has 1 rings (SSSR count). The molecule has 0 spiro atoms. The van der Waals surface area contributed by atoms with Gasteiger partial charge in [-0.1, -0.05) is 0 Å². The highest BCUT2D eigenvalue weighted by atomic mass is 16.3. The van der Waals surface area contributed by atoms with E-state index in [1.165, 1.54) is 0 Å². The molecule has 0 radical (unpaired) electrons. The summed E-state index contributed by atoms with van der Waals surface area (Å²) in [5.41, 5.74) is 0. The number of carbonyl (C=O) groups is 1. The third kappa shape index (κ3) is 3.76. The van der Waals surface area contributed by atoms with Gasteiger partial charge in [0.05, 0.1) is 6.10 Å². The number of piperidine rings is 1. The SMILES string of the molecule is CC(=O)C1CCN(CCC(C)O)CC1. The van der Waals surface area contributed by atoms with Crippen LogP contribution in [-0.2, 0) is 4.79 Å². The predicted molar refractivity (Wildman–Crippen MR) is 56.1 cm³/mol. The first-order chi connectivity index (χ1) is 6.59. The highest BCUT2D eigenvalue weighted by Gasteiger charge is 2.21. The minimum Gasteiger partial charge on any atom is -0.393 e. The molecule has 0 aliphatic carbocycles. The van der Waals surface area contributed by atoms with Gasteiger partial charge in [0.25, 0.3) is 0 Å². The van der Waals surface area contributed by atoms with Gasteiger partial charge < -0.3 is 10.0 Å². The highest BCUT2D eigenvalue weighted by Crippen LogP contribution is 2.18. The van der Waals surface area contributed by atoms with E-state index in [2.05, 4.69) is 4.90 Å². The first-order valence-corrected chi connectivity index (χ1v) is 5.50. The van der Waals surface area contributed by atoms with E-state index >= 15 is 0 Å². The molecule has 0 aromatic carbocycles. The third-order valence-electron chi connectivity index (χ3n) is 3.03. The van der Waals surface area contributed by atoms with Crippen LogP contribution in [0.3, 0.4) is 0 Å². The molecule has 0 bridgehead atoms. The first kappa shape index (κ1) is 11.7. The lowest BCUT2D eigenvalue weighted by Crippen LogP contribution is -2.37. The quantitative estimate of drug-likeness (QED) is 0.736. The summed E-state index contributed by atoms with van der Waals surface area (Å²) < 4.78 is 0. The van der Waals surface area contributed by atoms with E-state index in [1.807, 2.05) is 6.92 Å². The molecule has 0 saturated carbocycles. The van der Waals surface area contributed by atoms with Crippen molar-refractivity contribution in [2.75, 3.05) is 19.6 Å². The number of nitrogens with zero attached hydrogens (tertiary/aromatic N) is 1. The first-order valence-electron chi connectivity index (χ1n) is 5.50. The zero-order chi connectivity index (χ0) is 10.6. The van der Waals surface area contributed by atoms with Crippen LogP contribution in [0, 0.1) is 5.92 Å². The second-order valence-corrected chi connectivity index (χ2v) is 4.36. The van der Waals surface area contributed by atoms with Crippen LogP contribution in [0.4, 0.5) is 0 Å². The lowest BCUT2D eigenvalue weighted by molar-refractivity contribution is -0.122. The lowest BCUT2D eigenvalue weighted by Gasteiger charge is -2.30. The summed E-state index contributed by atoms with van der Waals surface area (Å²) in [5.74, 6) is 0.623. The summed E-state index contributed by atoms with van der Waals surface area (Å²) in [7, 11) is 0. The van der Waals surface area contributed by atoms with Crippen molar-refractivity contribution in [1.29, 1.82) is 0 Å². The molecule has 1 aliphatic heterocycles. The fraction of sp³-hybridized carbons (Fsp3) is 0.909. The van der Waals surface area contributed by atoms with Crippen molar-refractivity contribution in [2.45, 2.75) is 39.2 Å². The average Bonchev–Trinajstić information content (AvgIpc) is 2.15.